The van der Waals surface area contributed by atoms with Crippen molar-refractivity contribution in [1.82, 2.24) is 0 Å². The highest BCUT2D eigenvalue weighted by molar-refractivity contribution is 7.99. The molecule has 4 aromatic carbocycles. The summed E-state index contributed by atoms with van der Waals surface area (Å²) in [5.74, 6) is -1.50. The number of benzene rings is 4. The van der Waals surface area contributed by atoms with Gasteiger partial charge in [-0.15, -0.1) is 0 Å². The number of anilines is 1. The molecule has 0 aromatic heterocycles. The van der Waals surface area contributed by atoms with Gasteiger partial charge in [0.05, 0.1) is 5.56 Å². The Morgan fingerprint density at radius 2 is 1.41 bits per heavy atom. The number of hydrogen-bond donors (Lipinski definition) is 1. The molecule has 0 unspecified atom stereocenters. The van der Waals surface area contributed by atoms with Crippen LogP contribution in [0.5, 0.6) is 0 Å². The molecule has 0 atom stereocenters. The number of rotatable bonds is 4. The lowest BCUT2D eigenvalue weighted by molar-refractivity contribution is 0.0975. The molecule has 166 valence electrons. The van der Waals surface area contributed by atoms with Gasteiger partial charge in [-0.1, -0.05) is 47.6 Å². The molecule has 1 amide bonds. The molecule has 0 fully saturated rings. The minimum atomic E-state index is -0.482. The quantitative estimate of drug-likeness (QED) is 0.308. The summed E-state index contributed by atoms with van der Waals surface area (Å²) in [5.41, 5.74) is 1.71. The van der Waals surface area contributed by atoms with Crippen LogP contribution in [0.4, 0.5) is 10.1 Å². The molecule has 34 heavy (non-hydrogen) atoms. The molecule has 0 bridgehead atoms. The summed E-state index contributed by atoms with van der Waals surface area (Å²) in [4.78, 5) is 41.1. The van der Waals surface area contributed by atoms with Gasteiger partial charge in [0, 0.05) is 42.8 Å². The standard InChI is InChI=1S/C27H15ClFNO3S/c28-15-5-11-18(12-6-15)34-26-22(27(33)30-17-9-7-16(29)8-10-17)14-13-21-23(26)25(32)20-4-2-1-3-19(20)24(21)31/h1-14H,(H,30,33). The second-order valence-corrected chi connectivity index (χ2v) is 9.11. The Balaban J connectivity index is 1.65. The van der Waals surface area contributed by atoms with E-state index in [1.165, 1.54) is 48.2 Å². The van der Waals surface area contributed by atoms with Crippen molar-refractivity contribution in [1.29, 1.82) is 0 Å². The van der Waals surface area contributed by atoms with Gasteiger partial charge in [-0.2, -0.15) is 0 Å². The van der Waals surface area contributed by atoms with Crippen molar-refractivity contribution in [3.05, 3.63) is 124 Å². The van der Waals surface area contributed by atoms with Crippen molar-refractivity contribution in [2.75, 3.05) is 5.32 Å². The van der Waals surface area contributed by atoms with Gasteiger partial charge in [0.1, 0.15) is 5.82 Å². The first kappa shape index (κ1) is 22.1. The zero-order valence-electron chi connectivity index (χ0n) is 17.5. The maximum atomic E-state index is 13.5. The molecule has 0 saturated carbocycles. The average molecular weight is 488 g/mol. The van der Waals surface area contributed by atoms with Crippen molar-refractivity contribution >= 4 is 46.5 Å². The lowest BCUT2D eigenvalue weighted by Crippen LogP contribution is -2.24. The Kier molecular flexibility index (Phi) is 5.77. The number of amides is 1. The van der Waals surface area contributed by atoms with E-state index in [0.717, 1.165) is 4.90 Å². The molecule has 0 heterocycles. The third-order valence-corrected chi connectivity index (χ3v) is 6.81. The molecule has 0 radical (unpaired) electrons. The molecule has 0 saturated heterocycles. The summed E-state index contributed by atoms with van der Waals surface area (Å²) >= 11 is 7.22. The fraction of sp³-hybridized carbons (Fsp3) is 0. The minimum Gasteiger partial charge on any atom is -0.322 e. The first-order chi connectivity index (χ1) is 16.4. The van der Waals surface area contributed by atoms with E-state index in [0.29, 0.717) is 26.7 Å². The number of carbonyl (C=O) groups is 3. The van der Waals surface area contributed by atoms with E-state index < -0.39 is 11.7 Å². The fourth-order valence-electron chi connectivity index (χ4n) is 3.79. The Labute approximate surface area is 203 Å². The van der Waals surface area contributed by atoms with Gasteiger partial charge in [-0.3, -0.25) is 14.4 Å². The van der Waals surface area contributed by atoms with Crippen LogP contribution in [-0.4, -0.2) is 17.5 Å². The summed E-state index contributed by atoms with van der Waals surface area (Å²) < 4.78 is 13.3. The van der Waals surface area contributed by atoms with Crippen LogP contribution in [0, 0.1) is 5.82 Å². The Hall–Kier alpha value is -3.74. The number of carbonyl (C=O) groups excluding carboxylic acids is 3. The molecule has 1 aliphatic carbocycles. The Bertz CT molecular complexity index is 1470. The van der Waals surface area contributed by atoms with Crippen LogP contribution in [-0.2, 0) is 0 Å². The van der Waals surface area contributed by atoms with E-state index in [9.17, 15) is 18.8 Å². The zero-order valence-corrected chi connectivity index (χ0v) is 19.0. The van der Waals surface area contributed by atoms with E-state index in [2.05, 4.69) is 5.32 Å². The molecule has 0 aliphatic heterocycles. The highest BCUT2D eigenvalue weighted by atomic mass is 35.5. The predicted molar refractivity (Wildman–Crippen MR) is 130 cm³/mol. The predicted octanol–water partition coefficient (Wildman–Crippen LogP) is 6.66. The summed E-state index contributed by atoms with van der Waals surface area (Å²) in [6.45, 7) is 0. The van der Waals surface area contributed by atoms with Crippen LogP contribution in [0.1, 0.15) is 42.2 Å². The van der Waals surface area contributed by atoms with Crippen LogP contribution >= 0.6 is 23.4 Å². The van der Waals surface area contributed by atoms with E-state index in [-0.39, 0.29) is 28.3 Å². The molecule has 0 spiro atoms. The van der Waals surface area contributed by atoms with Crippen molar-refractivity contribution in [2.45, 2.75) is 9.79 Å². The van der Waals surface area contributed by atoms with E-state index in [4.69, 9.17) is 11.6 Å². The first-order valence-electron chi connectivity index (χ1n) is 10.3. The summed E-state index contributed by atoms with van der Waals surface area (Å²) in [6.07, 6.45) is 0. The number of fused-ring (bicyclic) bond motifs is 2. The average Bonchev–Trinajstić information content (AvgIpc) is 2.85. The van der Waals surface area contributed by atoms with Gasteiger partial charge >= 0.3 is 0 Å². The van der Waals surface area contributed by atoms with Crippen LogP contribution in [0.3, 0.4) is 0 Å². The van der Waals surface area contributed by atoms with Crippen molar-refractivity contribution in [3.63, 3.8) is 0 Å². The van der Waals surface area contributed by atoms with Crippen molar-refractivity contribution in [3.8, 4) is 0 Å². The van der Waals surface area contributed by atoms with Crippen LogP contribution in [0.2, 0.25) is 5.02 Å². The van der Waals surface area contributed by atoms with Gasteiger partial charge in [0.2, 0.25) is 0 Å². The number of hydrogen-bond acceptors (Lipinski definition) is 4. The van der Waals surface area contributed by atoms with Crippen molar-refractivity contribution in [2.24, 2.45) is 0 Å². The zero-order chi connectivity index (χ0) is 23.8. The Morgan fingerprint density at radius 3 is 2.09 bits per heavy atom. The highest BCUT2D eigenvalue weighted by Crippen LogP contribution is 2.40. The third-order valence-electron chi connectivity index (χ3n) is 5.43. The Morgan fingerprint density at radius 1 is 0.765 bits per heavy atom. The normalized spacial score (nSPS) is 12.2. The maximum absolute atomic E-state index is 13.5. The summed E-state index contributed by atoms with van der Waals surface area (Å²) in [6, 6.07) is 22.0. The van der Waals surface area contributed by atoms with Gasteiger partial charge in [0.25, 0.3) is 5.91 Å². The van der Waals surface area contributed by atoms with E-state index in [1.807, 2.05) is 0 Å². The third kappa shape index (κ3) is 4.02. The van der Waals surface area contributed by atoms with Crippen LogP contribution < -0.4 is 5.32 Å². The molecular formula is C27H15ClFNO3S. The molecule has 1 N–H and O–H groups in total. The lowest BCUT2D eigenvalue weighted by atomic mass is 9.83. The molecular weight excluding hydrogens is 473 g/mol. The molecule has 7 heteroatoms. The smallest absolute Gasteiger partial charge is 0.256 e. The highest BCUT2D eigenvalue weighted by Gasteiger charge is 2.34. The van der Waals surface area contributed by atoms with Crippen LogP contribution in [0.15, 0.2) is 94.7 Å². The summed E-state index contributed by atoms with van der Waals surface area (Å²) in [5, 5.41) is 3.29. The molecule has 1 aliphatic rings. The van der Waals surface area contributed by atoms with E-state index >= 15 is 0 Å². The van der Waals surface area contributed by atoms with Crippen LogP contribution in [0.25, 0.3) is 0 Å². The van der Waals surface area contributed by atoms with E-state index in [1.54, 1.807) is 48.5 Å². The maximum Gasteiger partial charge on any atom is 0.256 e. The summed E-state index contributed by atoms with van der Waals surface area (Å²) in [7, 11) is 0. The lowest BCUT2D eigenvalue weighted by Gasteiger charge is -2.22. The molecule has 5 rings (SSSR count). The van der Waals surface area contributed by atoms with Gasteiger partial charge in [0.15, 0.2) is 11.6 Å². The minimum absolute atomic E-state index is 0.190. The van der Waals surface area contributed by atoms with Crippen molar-refractivity contribution < 1.29 is 18.8 Å². The second kappa shape index (κ2) is 8.89. The monoisotopic (exact) mass is 487 g/mol. The first-order valence-corrected chi connectivity index (χ1v) is 11.5. The number of halogens is 2. The molecule has 4 nitrogen and oxygen atoms in total. The SMILES string of the molecule is O=C(Nc1ccc(F)cc1)c1ccc2c(c1Sc1ccc(Cl)cc1)C(=O)c1ccccc1C2=O. The topological polar surface area (TPSA) is 63.2 Å². The second-order valence-electron chi connectivity index (χ2n) is 7.59. The van der Waals surface area contributed by atoms with Gasteiger partial charge < -0.3 is 5.32 Å². The molecule has 4 aromatic rings. The number of nitrogens with one attached hydrogen (secondary N) is 1. The van der Waals surface area contributed by atoms with Gasteiger partial charge in [-0.05, 0) is 60.7 Å². The fourth-order valence-corrected chi connectivity index (χ4v) is 5.00. The largest absolute Gasteiger partial charge is 0.322 e. The number of ketones is 2. The van der Waals surface area contributed by atoms with Gasteiger partial charge in [-0.25, -0.2) is 4.39 Å².